The first-order valence-electron chi connectivity index (χ1n) is 7.93. The van der Waals surface area contributed by atoms with E-state index in [9.17, 15) is 9.59 Å². The second-order valence-electron chi connectivity index (χ2n) is 5.35. The van der Waals surface area contributed by atoms with E-state index < -0.39 is 11.9 Å². The standard InChI is InChI=1S/C19H21NO5S/c1-13(16-11-14(23-2)6-8-17(16)24-3)20-18(21)12-25-19(22)9-7-15-5-4-10-26-15/h4-11,13H,12H2,1-3H3,(H,20,21)/b9-7+/t13-/m0/s1. The van der Waals surface area contributed by atoms with Crippen LogP contribution in [0.1, 0.15) is 23.4 Å². The van der Waals surface area contributed by atoms with Crippen LogP contribution in [-0.4, -0.2) is 32.7 Å². The minimum absolute atomic E-state index is 0.340. The average molecular weight is 375 g/mol. The lowest BCUT2D eigenvalue weighted by Gasteiger charge is -2.18. The summed E-state index contributed by atoms with van der Waals surface area (Å²) in [6, 6.07) is 8.76. The summed E-state index contributed by atoms with van der Waals surface area (Å²) < 4.78 is 15.5. The van der Waals surface area contributed by atoms with Crippen molar-refractivity contribution in [3.8, 4) is 11.5 Å². The molecule has 7 heteroatoms. The van der Waals surface area contributed by atoms with Gasteiger partial charge in [-0.3, -0.25) is 4.79 Å². The van der Waals surface area contributed by atoms with E-state index >= 15 is 0 Å². The molecule has 0 saturated heterocycles. The number of ether oxygens (including phenoxy) is 3. The first-order chi connectivity index (χ1) is 12.5. The van der Waals surface area contributed by atoms with Crippen molar-refractivity contribution >= 4 is 29.3 Å². The van der Waals surface area contributed by atoms with Crippen LogP contribution in [0.4, 0.5) is 0 Å². The Morgan fingerprint density at radius 2 is 2.04 bits per heavy atom. The van der Waals surface area contributed by atoms with Crippen LogP contribution in [0.3, 0.4) is 0 Å². The molecule has 2 rings (SSSR count). The summed E-state index contributed by atoms with van der Waals surface area (Å²) in [4.78, 5) is 24.6. The highest BCUT2D eigenvalue weighted by molar-refractivity contribution is 7.10. The SMILES string of the molecule is COc1ccc(OC)c([C@H](C)NC(=O)COC(=O)/C=C/c2cccs2)c1. The highest BCUT2D eigenvalue weighted by Crippen LogP contribution is 2.29. The van der Waals surface area contributed by atoms with Gasteiger partial charge in [-0.2, -0.15) is 0 Å². The summed E-state index contributed by atoms with van der Waals surface area (Å²) >= 11 is 1.51. The molecule has 1 aromatic heterocycles. The third-order valence-electron chi connectivity index (χ3n) is 3.55. The van der Waals surface area contributed by atoms with Gasteiger partial charge >= 0.3 is 5.97 Å². The third-order valence-corrected chi connectivity index (χ3v) is 4.39. The van der Waals surface area contributed by atoms with Crippen LogP contribution in [0.2, 0.25) is 0 Å². The van der Waals surface area contributed by atoms with Crippen LogP contribution in [-0.2, 0) is 14.3 Å². The Morgan fingerprint density at radius 1 is 1.23 bits per heavy atom. The summed E-state index contributed by atoms with van der Waals surface area (Å²) in [5.41, 5.74) is 0.768. The van der Waals surface area contributed by atoms with Gasteiger partial charge in [0.25, 0.3) is 5.91 Å². The Kier molecular flexibility index (Phi) is 7.23. The fourth-order valence-corrected chi connectivity index (χ4v) is 2.88. The lowest BCUT2D eigenvalue weighted by atomic mass is 10.1. The van der Waals surface area contributed by atoms with Crippen molar-refractivity contribution in [3.05, 3.63) is 52.2 Å². The first-order valence-corrected chi connectivity index (χ1v) is 8.81. The maximum Gasteiger partial charge on any atom is 0.331 e. The predicted molar refractivity (Wildman–Crippen MR) is 100 cm³/mol. The number of carbonyl (C=O) groups excluding carboxylic acids is 2. The van der Waals surface area contributed by atoms with Gasteiger partial charge in [-0.25, -0.2) is 4.79 Å². The number of methoxy groups -OCH3 is 2. The van der Waals surface area contributed by atoms with E-state index in [1.165, 1.54) is 17.4 Å². The lowest BCUT2D eigenvalue weighted by molar-refractivity contribution is -0.144. The van der Waals surface area contributed by atoms with Crippen LogP contribution >= 0.6 is 11.3 Å². The van der Waals surface area contributed by atoms with E-state index in [-0.39, 0.29) is 12.6 Å². The number of hydrogen-bond acceptors (Lipinski definition) is 6. The second-order valence-corrected chi connectivity index (χ2v) is 6.33. The molecule has 0 aliphatic heterocycles. The molecule has 0 fully saturated rings. The fourth-order valence-electron chi connectivity index (χ4n) is 2.26. The highest BCUT2D eigenvalue weighted by atomic mass is 32.1. The largest absolute Gasteiger partial charge is 0.497 e. The predicted octanol–water partition coefficient (Wildman–Crippen LogP) is 3.20. The number of esters is 1. The van der Waals surface area contributed by atoms with Crippen LogP contribution < -0.4 is 14.8 Å². The Labute approximate surface area is 156 Å². The van der Waals surface area contributed by atoms with E-state index in [1.807, 2.05) is 24.4 Å². The maximum atomic E-state index is 12.0. The fraction of sp³-hybridized carbons (Fsp3) is 0.263. The second kappa shape index (κ2) is 9.62. The zero-order chi connectivity index (χ0) is 18.9. The third kappa shape index (κ3) is 5.63. The van der Waals surface area contributed by atoms with Crippen LogP contribution in [0.25, 0.3) is 6.08 Å². The maximum absolute atomic E-state index is 12.0. The molecule has 0 bridgehead atoms. The van der Waals surface area contributed by atoms with Crippen molar-refractivity contribution < 1.29 is 23.8 Å². The monoisotopic (exact) mass is 375 g/mol. The molecule has 2 aromatic rings. The minimum Gasteiger partial charge on any atom is -0.497 e. The number of amides is 1. The highest BCUT2D eigenvalue weighted by Gasteiger charge is 2.16. The van der Waals surface area contributed by atoms with E-state index in [0.717, 1.165) is 10.4 Å². The molecule has 1 aromatic carbocycles. The molecule has 1 amide bonds. The molecule has 1 atom stereocenters. The van der Waals surface area contributed by atoms with Crippen molar-refractivity contribution in [2.45, 2.75) is 13.0 Å². The Balaban J connectivity index is 1.88. The molecule has 1 heterocycles. The van der Waals surface area contributed by atoms with Gasteiger partial charge in [0.2, 0.25) is 0 Å². The zero-order valence-corrected chi connectivity index (χ0v) is 15.7. The molecule has 1 N–H and O–H groups in total. The van der Waals surface area contributed by atoms with E-state index in [0.29, 0.717) is 11.5 Å². The molecule has 0 spiro atoms. The molecular weight excluding hydrogens is 354 g/mol. The van der Waals surface area contributed by atoms with Gasteiger partial charge in [0.05, 0.1) is 20.3 Å². The van der Waals surface area contributed by atoms with Crippen molar-refractivity contribution in [2.75, 3.05) is 20.8 Å². The van der Waals surface area contributed by atoms with Gasteiger partial charge < -0.3 is 19.5 Å². The van der Waals surface area contributed by atoms with Gasteiger partial charge in [-0.1, -0.05) is 6.07 Å². The van der Waals surface area contributed by atoms with Crippen molar-refractivity contribution in [1.29, 1.82) is 0 Å². The van der Waals surface area contributed by atoms with Crippen LogP contribution in [0.5, 0.6) is 11.5 Å². The van der Waals surface area contributed by atoms with E-state index in [4.69, 9.17) is 14.2 Å². The molecular formula is C19H21NO5S. The summed E-state index contributed by atoms with van der Waals surface area (Å²) in [7, 11) is 3.12. The number of hydrogen-bond donors (Lipinski definition) is 1. The van der Waals surface area contributed by atoms with Crippen LogP contribution in [0, 0.1) is 0 Å². The number of benzene rings is 1. The van der Waals surface area contributed by atoms with E-state index in [2.05, 4.69) is 5.32 Å². The summed E-state index contributed by atoms with van der Waals surface area (Å²) in [6.45, 7) is 1.46. The Morgan fingerprint density at radius 3 is 2.69 bits per heavy atom. The van der Waals surface area contributed by atoms with Crippen molar-refractivity contribution in [1.82, 2.24) is 5.32 Å². The van der Waals surface area contributed by atoms with Crippen molar-refractivity contribution in [3.63, 3.8) is 0 Å². The van der Waals surface area contributed by atoms with Crippen LogP contribution in [0.15, 0.2) is 41.8 Å². The number of thiophene rings is 1. The van der Waals surface area contributed by atoms with Gasteiger partial charge in [0.1, 0.15) is 11.5 Å². The van der Waals surface area contributed by atoms with Crippen molar-refractivity contribution in [2.24, 2.45) is 0 Å². The molecule has 26 heavy (non-hydrogen) atoms. The first kappa shape index (κ1) is 19.5. The molecule has 0 saturated carbocycles. The topological polar surface area (TPSA) is 73.9 Å². The van der Waals surface area contributed by atoms with Gasteiger partial charge in [-0.05, 0) is 42.6 Å². The molecule has 0 aliphatic carbocycles. The molecule has 0 radical (unpaired) electrons. The lowest BCUT2D eigenvalue weighted by Crippen LogP contribution is -2.31. The van der Waals surface area contributed by atoms with Gasteiger partial charge in [-0.15, -0.1) is 11.3 Å². The van der Waals surface area contributed by atoms with Gasteiger partial charge in [0, 0.05) is 16.5 Å². The molecule has 0 unspecified atom stereocenters. The van der Waals surface area contributed by atoms with E-state index in [1.54, 1.807) is 38.5 Å². The van der Waals surface area contributed by atoms with Gasteiger partial charge in [0.15, 0.2) is 6.61 Å². The number of carbonyl (C=O) groups is 2. The summed E-state index contributed by atoms with van der Waals surface area (Å²) in [5.74, 6) is 0.321. The number of rotatable bonds is 8. The molecule has 0 aliphatic rings. The Hall–Kier alpha value is -2.80. The Bertz CT molecular complexity index is 770. The summed E-state index contributed by atoms with van der Waals surface area (Å²) in [5, 5.41) is 4.68. The minimum atomic E-state index is -0.569. The average Bonchev–Trinajstić information content (AvgIpc) is 3.17. The smallest absolute Gasteiger partial charge is 0.331 e. The number of nitrogens with one attached hydrogen (secondary N) is 1. The summed E-state index contributed by atoms with van der Waals surface area (Å²) in [6.07, 6.45) is 2.95. The quantitative estimate of drug-likeness (QED) is 0.567. The molecule has 6 nitrogen and oxygen atoms in total. The molecule has 138 valence electrons. The zero-order valence-electron chi connectivity index (χ0n) is 14.9. The normalized spacial score (nSPS) is 11.8.